The molecule has 2 N–H and O–H groups in total. The first kappa shape index (κ1) is 30.7. The van der Waals surface area contributed by atoms with Crippen LogP contribution in [-0.4, -0.2) is 74.2 Å². The van der Waals surface area contributed by atoms with Crippen molar-refractivity contribution in [2.75, 3.05) is 52.1 Å². The number of fused-ring (bicyclic) bond motifs is 2. The number of nitrogens with one attached hydrogen (secondary N) is 2. The standard InChI is InChI=1S/C31H44N4O2.C2H6/c1-7-8-15-33-23-11-13-25-27(20-23)31(3,4)28-21-24(35-17-9-10-18-35)12-14-26(28)29(25)22(2)37-30(36)34(6)19-16-32-5;1-2/h11-14,20-22,32H,7-10,15-19H2,1-6H3;1-2H3/p+1. The lowest BCUT2D eigenvalue weighted by atomic mass is 9.64. The zero-order valence-electron chi connectivity index (χ0n) is 25.6. The molecule has 6 nitrogen and oxygen atoms in total. The quantitative estimate of drug-likeness (QED) is 0.284. The highest BCUT2D eigenvalue weighted by atomic mass is 16.6. The van der Waals surface area contributed by atoms with E-state index in [2.05, 4.69) is 72.4 Å². The SMILES string of the molecule is CC.CCCCNc1ccc2c(c1)C(C)(C)C1=CC(=[N+]3CCCC3)C=CC1=C2C(C)OC(=O)N(C)CCNC. The van der Waals surface area contributed by atoms with Gasteiger partial charge in [-0.05, 0) is 60.9 Å². The van der Waals surface area contributed by atoms with Crippen LogP contribution in [0.4, 0.5) is 10.5 Å². The summed E-state index contributed by atoms with van der Waals surface area (Å²) in [6.07, 6.45) is 11.0. The van der Waals surface area contributed by atoms with E-state index in [1.165, 1.54) is 47.2 Å². The number of carbonyl (C=O) groups is 1. The van der Waals surface area contributed by atoms with E-state index in [9.17, 15) is 4.79 Å². The van der Waals surface area contributed by atoms with Crippen molar-refractivity contribution in [1.29, 1.82) is 0 Å². The minimum Gasteiger partial charge on any atom is -0.441 e. The van der Waals surface area contributed by atoms with Crippen LogP contribution < -0.4 is 10.6 Å². The highest BCUT2D eigenvalue weighted by Gasteiger charge is 2.40. The van der Waals surface area contributed by atoms with E-state index in [1.54, 1.807) is 11.9 Å². The molecule has 1 unspecified atom stereocenters. The molecule has 0 aromatic heterocycles. The van der Waals surface area contributed by atoms with E-state index in [0.717, 1.165) is 43.9 Å². The Hall–Kier alpha value is -2.86. The average Bonchev–Trinajstić information content (AvgIpc) is 3.48. The van der Waals surface area contributed by atoms with Crippen molar-refractivity contribution < 1.29 is 14.1 Å². The summed E-state index contributed by atoms with van der Waals surface area (Å²) in [7, 11) is 3.68. The highest BCUT2D eigenvalue weighted by molar-refractivity contribution is 6.06. The summed E-state index contributed by atoms with van der Waals surface area (Å²) in [5, 5.41) is 6.70. The van der Waals surface area contributed by atoms with Gasteiger partial charge in [0.05, 0.1) is 0 Å². The number of amides is 1. The summed E-state index contributed by atoms with van der Waals surface area (Å²) in [5.74, 6) is 0. The smallest absolute Gasteiger partial charge is 0.410 e. The van der Waals surface area contributed by atoms with Crippen molar-refractivity contribution in [3.8, 4) is 0 Å². The number of carbonyl (C=O) groups excluding carboxylic acids is 1. The second kappa shape index (κ2) is 14.0. The van der Waals surface area contributed by atoms with Gasteiger partial charge in [0.1, 0.15) is 19.2 Å². The lowest BCUT2D eigenvalue weighted by Crippen LogP contribution is -2.37. The van der Waals surface area contributed by atoms with E-state index < -0.39 is 0 Å². The molecule has 0 saturated carbocycles. The van der Waals surface area contributed by atoms with Crippen LogP contribution in [0.5, 0.6) is 0 Å². The lowest BCUT2D eigenvalue weighted by molar-refractivity contribution is -0.504. The molecule has 1 atom stereocenters. The molecule has 1 saturated heterocycles. The number of ether oxygens (including phenoxy) is 1. The third kappa shape index (κ3) is 6.84. The molecular weight excluding hydrogens is 484 g/mol. The van der Waals surface area contributed by atoms with Crippen LogP contribution in [0.25, 0.3) is 5.57 Å². The number of allylic oxidation sites excluding steroid dienone is 5. The largest absolute Gasteiger partial charge is 0.441 e. The zero-order valence-corrected chi connectivity index (χ0v) is 25.6. The summed E-state index contributed by atoms with van der Waals surface area (Å²) < 4.78 is 8.56. The van der Waals surface area contributed by atoms with Crippen molar-refractivity contribution >= 4 is 23.1 Å². The molecule has 1 fully saturated rings. The van der Waals surface area contributed by atoms with Gasteiger partial charge in [0, 0.05) is 68.4 Å². The molecule has 1 aliphatic heterocycles. The first-order valence-electron chi connectivity index (χ1n) is 15.0. The molecule has 39 heavy (non-hydrogen) atoms. The Morgan fingerprint density at radius 2 is 1.87 bits per heavy atom. The first-order chi connectivity index (χ1) is 18.8. The average molecular weight is 536 g/mol. The van der Waals surface area contributed by atoms with Crippen molar-refractivity contribution in [1.82, 2.24) is 10.2 Å². The number of likely N-dealkylation sites (N-methyl/N-ethyl adjacent to an activating group) is 2. The molecule has 0 radical (unpaired) electrons. The molecule has 3 aliphatic rings. The number of anilines is 1. The van der Waals surface area contributed by atoms with Gasteiger partial charge in [0.15, 0.2) is 5.71 Å². The van der Waals surface area contributed by atoms with E-state index in [4.69, 9.17) is 4.74 Å². The van der Waals surface area contributed by atoms with Crippen LogP contribution in [0.2, 0.25) is 0 Å². The molecule has 1 amide bonds. The van der Waals surface area contributed by atoms with E-state index >= 15 is 0 Å². The van der Waals surface area contributed by atoms with E-state index in [-0.39, 0.29) is 17.6 Å². The number of rotatable bonds is 9. The number of hydrogen-bond donors (Lipinski definition) is 2. The predicted octanol–water partition coefficient (Wildman–Crippen LogP) is 6.39. The number of nitrogens with zero attached hydrogens (tertiary/aromatic N) is 2. The fraction of sp³-hybridized carbons (Fsp3) is 0.576. The minimum atomic E-state index is -0.380. The maximum absolute atomic E-state index is 12.9. The zero-order chi connectivity index (χ0) is 28.6. The van der Waals surface area contributed by atoms with Crippen molar-refractivity contribution in [3.63, 3.8) is 0 Å². The van der Waals surface area contributed by atoms with Gasteiger partial charge in [-0.25, -0.2) is 9.37 Å². The predicted molar refractivity (Wildman–Crippen MR) is 165 cm³/mol. The molecule has 6 heteroatoms. The normalized spacial score (nSPS) is 18.0. The molecule has 2 aliphatic carbocycles. The first-order valence-corrected chi connectivity index (χ1v) is 15.0. The van der Waals surface area contributed by atoms with Gasteiger partial charge in [0.25, 0.3) is 0 Å². The Morgan fingerprint density at radius 1 is 1.15 bits per heavy atom. The van der Waals surface area contributed by atoms with Gasteiger partial charge in [-0.1, -0.05) is 47.1 Å². The summed E-state index contributed by atoms with van der Waals surface area (Å²) >= 11 is 0. The molecule has 1 heterocycles. The fourth-order valence-corrected chi connectivity index (χ4v) is 5.67. The Morgan fingerprint density at radius 3 is 2.54 bits per heavy atom. The molecule has 1 aromatic rings. The monoisotopic (exact) mass is 535 g/mol. The lowest BCUT2D eigenvalue weighted by Gasteiger charge is -2.40. The Balaban J connectivity index is 0.00000205. The molecule has 214 valence electrons. The van der Waals surface area contributed by atoms with Gasteiger partial charge < -0.3 is 20.3 Å². The summed E-state index contributed by atoms with van der Waals surface area (Å²) in [6.45, 7) is 17.4. The summed E-state index contributed by atoms with van der Waals surface area (Å²) in [4.78, 5) is 14.6. The Kier molecular flexibility index (Phi) is 11.0. The van der Waals surface area contributed by atoms with E-state index in [1.807, 2.05) is 27.8 Å². The summed E-state index contributed by atoms with van der Waals surface area (Å²) in [5.41, 5.74) is 8.29. The van der Waals surface area contributed by atoms with Crippen LogP contribution in [0.15, 0.2) is 47.6 Å². The third-order valence-corrected chi connectivity index (χ3v) is 7.97. The van der Waals surface area contributed by atoms with Gasteiger partial charge in [-0.3, -0.25) is 0 Å². The number of unbranched alkanes of at least 4 members (excludes halogenated alkanes) is 1. The topological polar surface area (TPSA) is 56.6 Å². The third-order valence-electron chi connectivity index (χ3n) is 7.97. The van der Waals surface area contributed by atoms with Crippen molar-refractivity contribution in [2.45, 2.75) is 78.7 Å². The number of benzene rings is 1. The molecule has 4 rings (SSSR count). The summed E-state index contributed by atoms with van der Waals surface area (Å²) in [6, 6.07) is 6.69. The minimum absolute atomic E-state index is 0.181. The second-order valence-electron chi connectivity index (χ2n) is 11.1. The van der Waals surface area contributed by atoms with Crippen LogP contribution in [-0.2, 0) is 10.2 Å². The molecular formula is C33H51N4O2+. The Labute approximate surface area is 236 Å². The van der Waals surface area contributed by atoms with Crippen LogP contribution in [0, 0.1) is 0 Å². The molecule has 0 spiro atoms. The maximum Gasteiger partial charge on any atom is 0.410 e. The van der Waals surface area contributed by atoms with Crippen LogP contribution in [0.3, 0.4) is 0 Å². The van der Waals surface area contributed by atoms with Crippen molar-refractivity contribution in [3.05, 3.63) is 58.7 Å². The van der Waals surface area contributed by atoms with Gasteiger partial charge >= 0.3 is 6.09 Å². The van der Waals surface area contributed by atoms with Crippen LogP contribution >= 0.6 is 0 Å². The van der Waals surface area contributed by atoms with Crippen LogP contribution in [0.1, 0.15) is 78.4 Å². The van der Waals surface area contributed by atoms with E-state index in [0.29, 0.717) is 6.54 Å². The highest BCUT2D eigenvalue weighted by Crippen LogP contribution is 2.49. The molecule has 0 bridgehead atoms. The van der Waals surface area contributed by atoms with Gasteiger partial charge in [-0.15, -0.1) is 0 Å². The Bertz CT molecular complexity index is 1130. The fourth-order valence-electron chi connectivity index (χ4n) is 5.67. The number of hydrogen-bond acceptors (Lipinski definition) is 4. The maximum atomic E-state index is 12.9. The second-order valence-corrected chi connectivity index (χ2v) is 11.1. The van der Waals surface area contributed by atoms with Gasteiger partial charge in [0.2, 0.25) is 0 Å². The molecule has 1 aromatic carbocycles. The van der Waals surface area contributed by atoms with Crippen molar-refractivity contribution in [2.24, 2.45) is 0 Å². The van der Waals surface area contributed by atoms with Gasteiger partial charge in [-0.2, -0.15) is 0 Å².